The van der Waals surface area contributed by atoms with Crippen LogP contribution in [0.3, 0.4) is 0 Å². The Labute approximate surface area is 109 Å². The lowest BCUT2D eigenvalue weighted by molar-refractivity contribution is 0.662. The van der Waals surface area contributed by atoms with Gasteiger partial charge >= 0.3 is 0 Å². The van der Waals surface area contributed by atoms with E-state index in [2.05, 4.69) is 31.3 Å². The van der Waals surface area contributed by atoms with Gasteiger partial charge in [0, 0.05) is 12.6 Å². The summed E-state index contributed by atoms with van der Waals surface area (Å²) in [6.07, 6.45) is 4.78. The topological polar surface area (TPSA) is 35.8 Å². The third-order valence-corrected chi connectivity index (χ3v) is 3.34. The zero-order chi connectivity index (χ0) is 13.0. The van der Waals surface area contributed by atoms with Crippen LogP contribution in [-0.4, -0.2) is 12.6 Å². The lowest BCUT2D eigenvalue weighted by Gasteiger charge is -2.13. The predicted molar refractivity (Wildman–Crippen MR) is 75.0 cm³/mol. The molecule has 1 N–H and O–H groups in total. The van der Waals surface area contributed by atoms with E-state index < -0.39 is 0 Å². The standard InChI is InChI=1S/C16H20N2/c1-12(2)15(11-18-16-7-8-16)9-13-5-3-4-6-14(13)10-17/h3-6,9,12,16,18H,7-8,11H2,1-2H3/b15-9+. The molecule has 0 spiro atoms. The molecule has 0 unspecified atom stereocenters. The molecule has 0 amide bonds. The Morgan fingerprint density at radius 3 is 2.78 bits per heavy atom. The van der Waals surface area contributed by atoms with Crippen molar-refractivity contribution in [2.45, 2.75) is 32.7 Å². The second-order valence-electron chi connectivity index (χ2n) is 5.23. The first-order valence-corrected chi connectivity index (χ1v) is 6.63. The molecule has 2 nitrogen and oxygen atoms in total. The second-order valence-corrected chi connectivity index (χ2v) is 5.23. The van der Waals surface area contributed by atoms with E-state index in [1.807, 2.05) is 24.3 Å². The summed E-state index contributed by atoms with van der Waals surface area (Å²) >= 11 is 0. The molecule has 0 atom stereocenters. The Balaban J connectivity index is 2.17. The van der Waals surface area contributed by atoms with Gasteiger partial charge in [-0.15, -0.1) is 0 Å². The first kappa shape index (κ1) is 12.9. The zero-order valence-corrected chi connectivity index (χ0v) is 11.1. The fourth-order valence-electron chi connectivity index (χ4n) is 1.90. The van der Waals surface area contributed by atoms with Crippen LogP contribution in [0.5, 0.6) is 0 Å². The highest BCUT2D eigenvalue weighted by Gasteiger charge is 2.20. The zero-order valence-electron chi connectivity index (χ0n) is 11.1. The minimum Gasteiger partial charge on any atom is -0.310 e. The Hall–Kier alpha value is -1.59. The van der Waals surface area contributed by atoms with Gasteiger partial charge in [-0.2, -0.15) is 5.26 Å². The number of hydrogen-bond donors (Lipinski definition) is 1. The molecule has 0 heterocycles. The average molecular weight is 240 g/mol. The van der Waals surface area contributed by atoms with Crippen LogP contribution in [0.25, 0.3) is 6.08 Å². The highest BCUT2D eigenvalue weighted by molar-refractivity contribution is 5.60. The molecule has 0 radical (unpaired) electrons. The SMILES string of the molecule is CC(C)/C(=C/c1ccccc1C#N)CNC1CC1. The van der Waals surface area contributed by atoms with Crippen molar-refractivity contribution >= 4 is 6.08 Å². The third-order valence-electron chi connectivity index (χ3n) is 3.34. The molecule has 1 aliphatic carbocycles. The summed E-state index contributed by atoms with van der Waals surface area (Å²) < 4.78 is 0. The van der Waals surface area contributed by atoms with E-state index in [4.69, 9.17) is 5.26 Å². The van der Waals surface area contributed by atoms with Crippen molar-refractivity contribution < 1.29 is 0 Å². The molecule has 18 heavy (non-hydrogen) atoms. The first-order valence-electron chi connectivity index (χ1n) is 6.63. The van der Waals surface area contributed by atoms with Crippen molar-refractivity contribution in [3.8, 4) is 6.07 Å². The molecule has 1 saturated carbocycles. The first-order chi connectivity index (χ1) is 8.70. The van der Waals surface area contributed by atoms with Gasteiger partial charge in [0.05, 0.1) is 11.6 Å². The largest absolute Gasteiger partial charge is 0.310 e. The minimum atomic E-state index is 0.503. The van der Waals surface area contributed by atoms with E-state index in [1.165, 1.54) is 18.4 Å². The van der Waals surface area contributed by atoms with Crippen LogP contribution in [0.4, 0.5) is 0 Å². The molecule has 1 aromatic carbocycles. The summed E-state index contributed by atoms with van der Waals surface area (Å²) in [6.45, 7) is 5.34. The van der Waals surface area contributed by atoms with Crippen LogP contribution in [0.15, 0.2) is 29.8 Å². The maximum Gasteiger partial charge on any atom is 0.0997 e. The van der Waals surface area contributed by atoms with Crippen LogP contribution in [0, 0.1) is 17.2 Å². The molecule has 1 fully saturated rings. The minimum absolute atomic E-state index is 0.503. The van der Waals surface area contributed by atoms with Crippen molar-refractivity contribution in [1.29, 1.82) is 5.26 Å². The number of nitrogens with zero attached hydrogens (tertiary/aromatic N) is 1. The molecule has 0 aromatic heterocycles. The third kappa shape index (κ3) is 3.45. The Bertz CT molecular complexity index is 476. The van der Waals surface area contributed by atoms with Crippen LogP contribution < -0.4 is 5.32 Å². The van der Waals surface area contributed by atoms with E-state index in [0.717, 1.165) is 23.7 Å². The molecular weight excluding hydrogens is 220 g/mol. The number of nitriles is 1. The van der Waals surface area contributed by atoms with Crippen LogP contribution in [0.2, 0.25) is 0 Å². The fraction of sp³-hybridized carbons (Fsp3) is 0.438. The lowest BCUT2D eigenvalue weighted by Crippen LogP contribution is -2.21. The van der Waals surface area contributed by atoms with E-state index in [0.29, 0.717) is 5.92 Å². The maximum atomic E-state index is 9.10. The fourth-order valence-corrected chi connectivity index (χ4v) is 1.90. The number of rotatable bonds is 5. The number of benzene rings is 1. The van der Waals surface area contributed by atoms with Gasteiger partial charge < -0.3 is 5.32 Å². The summed E-state index contributed by atoms with van der Waals surface area (Å²) in [6, 6.07) is 10.8. The molecule has 0 aliphatic heterocycles. The van der Waals surface area contributed by atoms with E-state index in [-0.39, 0.29) is 0 Å². The molecule has 0 saturated heterocycles. The molecule has 2 heteroatoms. The van der Waals surface area contributed by atoms with Crippen molar-refractivity contribution in [3.63, 3.8) is 0 Å². The van der Waals surface area contributed by atoms with Gasteiger partial charge in [0.1, 0.15) is 0 Å². The van der Waals surface area contributed by atoms with Gasteiger partial charge in [0.15, 0.2) is 0 Å². The molecular formula is C16H20N2. The normalized spacial score (nSPS) is 15.8. The van der Waals surface area contributed by atoms with Gasteiger partial charge in [-0.05, 0) is 30.4 Å². The highest BCUT2D eigenvalue weighted by Crippen LogP contribution is 2.21. The maximum absolute atomic E-state index is 9.10. The van der Waals surface area contributed by atoms with Gasteiger partial charge in [0.2, 0.25) is 0 Å². The summed E-state index contributed by atoms with van der Waals surface area (Å²) in [5.74, 6) is 0.503. The van der Waals surface area contributed by atoms with Crippen LogP contribution >= 0.6 is 0 Å². The van der Waals surface area contributed by atoms with Gasteiger partial charge in [0.25, 0.3) is 0 Å². The Morgan fingerprint density at radius 1 is 1.44 bits per heavy atom. The van der Waals surface area contributed by atoms with Crippen LogP contribution in [0.1, 0.15) is 37.8 Å². The Morgan fingerprint density at radius 2 is 2.17 bits per heavy atom. The average Bonchev–Trinajstić information content (AvgIpc) is 3.18. The van der Waals surface area contributed by atoms with Crippen molar-refractivity contribution in [1.82, 2.24) is 5.32 Å². The molecule has 94 valence electrons. The molecule has 2 rings (SSSR count). The van der Waals surface area contributed by atoms with Gasteiger partial charge in [-0.3, -0.25) is 0 Å². The summed E-state index contributed by atoms with van der Waals surface area (Å²) in [7, 11) is 0. The van der Waals surface area contributed by atoms with Crippen molar-refractivity contribution in [2.24, 2.45) is 5.92 Å². The van der Waals surface area contributed by atoms with Crippen molar-refractivity contribution in [2.75, 3.05) is 6.54 Å². The second kappa shape index (κ2) is 5.84. The monoisotopic (exact) mass is 240 g/mol. The summed E-state index contributed by atoms with van der Waals surface area (Å²) in [4.78, 5) is 0. The van der Waals surface area contributed by atoms with Gasteiger partial charge in [-0.1, -0.05) is 43.7 Å². The number of hydrogen-bond acceptors (Lipinski definition) is 2. The van der Waals surface area contributed by atoms with E-state index in [1.54, 1.807) is 0 Å². The van der Waals surface area contributed by atoms with Gasteiger partial charge in [-0.25, -0.2) is 0 Å². The number of nitrogens with one attached hydrogen (secondary N) is 1. The molecule has 1 aliphatic rings. The van der Waals surface area contributed by atoms with Crippen LogP contribution in [-0.2, 0) is 0 Å². The summed E-state index contributed by atoms with van der Waals surface area (Å²) in [5.41, 5.74) is 3.15. The Kier molecular flexibility index (Phi) is 4.17. The highest BCUT2D eigenvalue weighted by atomic mass is 14.9. The lowest BCUT2D eigenvalue weighted by atomic mass is 9.98. The van der Waals surface area contributed by atoms with E-state index in [9.17, 15) is 0 Å². The predicted octanol–water partition coefficient (Wildman–Crippen LogP) is 3.35. The van der Waals surface area contributed by atoms with Crippen molar-refractivity contribution in [3.05, 3.63) is 41.0 Å². The van der Waals surface area contributed by atoms with E-state index >= 15 is 0 Å². The summed E-state index contributed by atoms with van der Waals surface area (Å²) in [5, 5.41) is 12.6. The molecule has 0 bridgehead atoms. The molecule has 1 aromatic rings. The smallest absolute Gasteiger partial charge is 0.0997 e. The quantitative estimate of drug-likeness (QED) is 0.856.